The largest absolute Gasteiger partial charge is 0.484 e. The van der Waals surface area contributed by atoms with Gasteiger partial charge in [-0.2, -0.15) is 0 Å². The molecule has 0 spiro atoms. The number of carbonyl (C=O) groups excluding carboxylic acids is 1. The fraction of sp³-hybridized carbons (Fsp3) is 0.533. The van der Waals surface area contributed by atoms with E-state index in [2.05, 4.69) is 0 Å². The maximum absolute atomic E-state index is 12.1. The maximum atomic E-state index is 12.1. The van der Waals surface area contributed by atoms with Crippen LogP contribution in [0.25, 0.3) is 0 Å². The Morgan fingerprint density at radius 2 is 1.95 bits per heavy atom. The van der Waals surface area contributed by atoms with Crippen LogP contribution in [0.2, 0.25) is 0 Å². The molecule has 0 unspecified atom stereocenters. The third kappa shape index (κ3) is 3.20. The minimum Gasteiger partial charge on any atom is -0.484 e. The Morgan fingerprint density at radius 3 is 2.57 bits per heavy atom. The molecule has 0 aromatic heterocycles. The van der Waals surface area contributed by atoms with Crippen LogP contribution < -0.4 is 4.74 Å². The molecule has 1 aromatic carbocycles. The highest BCUT2D eigenvalue weighted by Gasteiger charge is 2.44. The number of aryl methyl sites for hydroxylation is 1. The quantitative estimate of drug-likeness (QED) is 0.831. The number of nitrogens with zero attached hydrogens (tertiary/aromatic N) is 1. The van der Waals surface area contributed by atoms with E-state index in [1.165, 1.54) is 0 Å². The summed E-state index contributed by atoms with van der Waals surface area (Å²) in [6.45, 7) is 3.06. The van der Waals surface area contributed by atoms with E-state index in [9.17, 15) is 13.2 Å². The molecule has 0 aliphatic carbocycles. The first-order valence-electron chi connectivity index (χ1n) is 7.10. The lowest BCUT2D eigenvalue weighted by molar-refractivity contribution is -0.132. The van der Waals surface area contributed by atoms with Crippen molar-refractivity contribution in [2.75, 3.05) is 31.2 Å². The van der Waals surface area contributed by atoms with Crippen molar-refractivity contribution in [3.8, 4) is 5.75 Å². The Morgan fingerprint density at radius 1 is 1.29 bits per heavy atom. The Bertz CT molecular complexity index is 635. The van der Waals surface area contributed by atoms with Gasteiger partial charge in [-0.1, -0.05) is 12.1 Å². The molecule has 0 radical (unpaired) electrons. The Labute approximate surface area is 124 Å². The summed E-state index contributed by atoms with van der Waals surface area (Å²) in [6.07, 6.45) is 0. The van der Waals surface area contributed by atoms with Crippen LogP contribution in [0.15, 0.2) is 24.3 Å². The van der Waals surface area contributed by atoms with Crippen molar-refractivity contribution in [1.29, 1.82) is 0 Å². The normalized spacial score (nSPS) is 26.6. The van der Waals surface area contributed by atoms with Crippen molar-refractivity contribution >= 4 is 15.7 Å². The minimum atomic E-state index is -2.88. The summed E-state index contributed by atoms with van der Waals surface area (Å²) in [7, 11) is -2.88. The molecule has 6 heteroatoms. The predicted molar refractivity (Wildman–Crippen MR) is 78.9 cm³/mol. The Hall–Kier alpha value is -1.56. The highest BCUT2D eigenvalue weighted by Crippen LogP contribution is 2.32. The average molecular weight is 309 g/mol. The number of ether oxygens (including phenoxy) is 1. The van der Waals surface area contributed by atoms with Gasteiger partial charge in [-0.15, -0.1) is 0 Å². The first-order chi connectivity index (χ1) is 9.93. The molecule has 114 valence electrons. The lowest BCUT2D eigenvalue weighted by Crippen LogP contribution is -2.34. The molecule has 2 aliphatic heterocycles. The summed E-state index contributed by atoms with van der Waals surface area (Å²) >= 11 is 0. The van der Waals surface area contributed by atoms with Gasteiger partial charge in [0.2, 0.25) is 0 Å². The molecule has 1 amide bonds. The Kier molecular flexibility index (Phi) is 3.65. The van der Waals surface area contributed by atoms with E-state index in [1.807, 2.05) is 31.2 Å². The van der Waals surface area contributed by atoms with Gasteiger partial charge in [0, 0.05) is 13.1 Å². The Balaban J connectivity index is 1.54. The summed E-state index contributed by atoms with van der Waals surface area (Å²) in [5.41, 5.74) is 1.08. The third-order valence-corrected chi connectivity index (χ3v) is 6.09. The number of likely N-dealkylation sites (tertiary alicyclic amines) is 1. The highest BCUT2D eigenvalue weighted by atomic mass is 32.2. The fourth-order valence-electron chi connectivity index (χ4n) is 3.18. The van der Waals surface area contributed by atoms with E-state index >= 15 is 0 Å². The van der Waals surface area contributed by atoms with E-state index in [1.54, 1.807) is 4.90 Å². The summed E-state index contributed by atoms with van der Waals surface area (Å²) in [4.78, 5) is 13.9. The maximum Gasteiger partial charge on any atom is 0.260 e. The van der Waals surface area contributed by atoms with Crippen LogP contribution in [-0.2, 0) is 14.6 Å². The van der Waals surface area contributed by atoms with Crippen LogP contribution in [0.5, 0.6) is 5.75 Å². The van der Waals surface area contributed by atoms with Crippen LogP contribution >= 0.6 is 0 Å². The molecule has 21 heavy (non-hydrogen) atoms. The molecule has 5 nitrogen and oxygen atoms in total. The van der Waals surface area contributed by atoms with E-state index in [4.69, 9.17) is 4.74 Å². The number of fused-ring (bicyclic) bond motifs is 1. The van der Waals surface area contributed by atoms with Crippen molar-refractivity contribution in [1.82, 2.24) is 4.90 Å². The van der Waals surface area contributed by atoms with Gasteiger partial charge in [-0.05, 0) is 36.5 Å². The standard InChI is InChI=1S/C15H19NO4S/c1-11-3-2-4-14(5-11)20-8-15(17)16-6-12-9-21(18,19)10-13(12)7-16/h2-5,12-13H,6-10H2,1H3/t12-,13+. The second-order valence-corrected chi connectivity index (χ2v) is 8.15. The van der Waals surface area contributed by atoms with Crippen molar-refractivity contribution < 1.29 is 17.9 Å². The van der Waals surface area contributed by atoms with Gasteiger partial charge in [0.15, 0.2) is 16.4 Å². The molecule has 2 fully saturated rings. The van der Waals surface area contributed by atoms with Gasteiger partial charge in [0.1, 0.15) is 5.75 Å². The fourth-order valence-corrected chi connectivity index (χ4v) is 5.38. The van der Waals surface area contributed by atoms with Gasteiger partial charge in [-0.25, -0.2) is 8.42 Å². The zero-order chi connectivity index (χ0) is 15.0. The number of amides is 1. The van der Waals surface area contributed by atoms with E-state index in [0.29, 0.717) is 18.8 Å². The zero-order valence-electron chi connectivity index (χ0n) is 12.0. The van der Waals surface area contributed by atoms with Crippen LogP contribution in [0.3, 0.4) is 0 Å². The molecule has 2 aliphatic rings. The van der Waals surface area contributed by atoms with E-state index < -0.39 is 9.84 Å². The smallest absolute Gasteiger partial charge is 0.260 e. The van der Waals surface area contributed by atoms with Gasteiger partial charge in [0.25, 0.3) is 5.91 Å². The molecular formula is C15H19NO4S. The van der Waals surface area contributed by atoms with Gasteiger partial charge in [0.05, 0.1) is 11.5 Å². The first-order valence-corrected chi connectivity index (χ1v) is 8.93. The van der Waals surface area contributed by atoms with Gasteiger partial charge in [-0.3, -0.25) is 4.79 Å². The van der Waals surface area contributed by atoms with Crippen molar-refractivity contribution in [2.24, 2.45) is 11.8 Å². The second kappa shape index (κ2) is 5.33. The van der Waals surface area contributed by atoms with Crippen LogP contribution in [0.1, 0.15) is 5.56 Å². The summed E-state index contributed by atoms with van der Waals surface area (Å²) in [6, 6.07) is 7.57. The molecule has 0 saturated carbocycles. The van der Waals surface area contributed by atoms with Crippen LogP contribution in [0.4, 0.5) is 0 Å². The van der Waals surface area contributed by atoms with Crippen LogP contribution in [0, 0.1) is 18.8 Å². The molecule has 2 atom stereocenters. The molecule has 0 N–H and O–H groups in total. The number of hydrogen-bond acceptors (Lipinski definition) is 4. The summed E-state index contributed by atoms with van der Waals surface area (Å²) in [5, 5.41) is 0. The predicted octanol–water partition coefficient (Wildman–Crippen LogP) is 0.877. The molecule has 0 bridgehead atoms. The summed E-state index contributed by atoms with van der Waals surface area (Å²) in [5.74, 6) is 1.28. The SMILES string of the molecule is Cc1cccc(OCC(=O)N2C[C@@H]3CS(=O)(=O)C[C@@H]3C2)c1. The van der Waals surface area contributed by atoms with E-state index in [-0.39, 0.29) is 35.9 Å². The number of carbonyl (C=O) groups is 1. The van der Waals surface area contributed by atoms with Crippen molar-refractivity contribution in [3.63, 3.8) is 0 Å². The topological polar surface area (TPSA) is 63.7 Å². The second-order valence-electron chi connectivity index (χ2n) is 6.00. The van der Waals surface area contributed by atoms with Crippen LogP contribution in [-0.4, -0.2) is 50.4 Å². The lowest BCUT2D eigenvalue weighted by atomic mass is 10.0. The monoisotopic (exact) mass is 309 g/mol. The molecule has 1 aromatic rings. The van der Waals surface area contributed by atoms with Crippen molar-refractivity contribution in [2.45, 2.75) is 6.92 Å². The third-order valence-electron chi connectivity index (χ3n) is 4.22. The number of sulfone groups is 1. The molecule has 2 saturated heterocycles. The lowest BCUT2D eigenvalue weighted by Gasteiger charge is -2.17. The number of hydrogen-bond donors (Lipinski definition) is 0. The number of benzene rings is 1. The summed E-state index contributed by atoms with van der Waals surface area (Å²) < 4.78 is 28.6. The van der Waals surface area contributed by atoms with Gasteiger partial charge >= 0.3 is 0 Å². The van der Waals surface area contributed by atoms with Crippen molar-refractivity contribution in [3.05, 3.63) is 29.8 Å². The van der Waals surface area contributed by atoms with E-state index in [0.717, 1.165) is 5.56 Å². The molecular weight excluding hydrogens is 290 g/mol. The van der Waals surface area contributed by atoms with Gasteiger partial charge < -0.3 is 9.64 Å². The highest BCUT2D eigenvalue weighted by molar-refractivity contribution is 7.91. The number of rotatable bonds is 3. The first kappa shape index (κ1) is 14.4. The molecule has 2 heterocycles. The zero-order valence-corrected chi connectivity index (χ0v) is 12.8. The average Bonchev–Trinajstić information content (AvgIpc) is 2.89. The molecule has 3 rings (SSSR count). The minimum absolute atomic E-state index is 0.00957.